The van der Waals surface area contributed by atoms with Crippen LogP contribution in [0.15, 0.2) is 64.9 Å². The third kappa shape index (κ3) is 3.09. The van der Waals surface area contributed by atoms with Crippen LogP contribution < -0.4 is 14.2 Å². The van der Waals surface area contributed by atoms with Crippen LogP contribution in [0.2, 0.25) is 0 Å². The van der Waals surface area contributed by atoms with Gasteiger partial charge in [0.1, 0.15) is 4.21 Å². The average molecular weight is 414 g/mol. The van der Waals surface area contributed by atoms with Crippen molar-refractivity contribution in [3.8, 4) is 21.9 Å². The van der Waals surface area contributed by atoms with Gasteiger partial charge < -0.3 is 9.47 Å². The predicted octanol–water partition coefficient (Wildman–Crippen LogP) is 4.22. The van der Waals surface area contributed by atoms with Crippen LogP contribution in [0.5, 0.6) is 11.5 Å². The number of hydrogen-bond donors (Lipinski definition) is 1. The number of ether oxygens (including phenoxy) is 2. The lowest BCUT2D eigenvalue weighted by Gasteiger charge is -2.04. The number of benzene rings is 2. The van der Waals surface area contributed by atoms with E-state index in [2.05, 4.69) is 23.8 Å². The number of thiophene rings is 1. The summed E-state index contributed by atoms with van der Waals surface area (Å²) in [5.74, 6) is 1.91. The fraction of sp³-hybridized carbons (Fsp3) is 0.238. The first-order valence-corrected chi connectivity index (χ1v) is 11.4. The molecule has 5 rings (SSSR count). The molecule has 0 radical (unpaired) electrons. The Morgan fingerprint density at radius 3 is 2.61 bits per heavy atom. The molecule has 3 aromatic rings. The third-order valence-electron chi connectivity index (χ3n) is 5.36. The quantitative estimate of drug-likeness (QED) is 0.680. The maximum atomic E-state index is 12.9. The Morgan fingerprint density at radius 2 is 1.79 bits per heavy atom. The highest BCUT2D eigenvalue weighted by Crippen LogP contribution is 2.48. The van der Waals surface area contributed by atoms with E-state index in [9.17, 15) is 8.42 Å². The van der Waals surface area contributed by atoms with Gasteiger partial charge in [-0.05, 0) is 47.4 Å². The maximum absolute atomic E-state index is 12.9. The van der Waals surface area contributed by atoms with Gasteiger partial charge in [-0.25, -0.2) is 13.1 Å². The van der Waals surface area contributed by atoms with Crippen molar-refractivity contribution in [3.05, 3.63) is 66.2 Å². The van der Waals surface area contributed by atoms with E-state index in [1.54, 1.807) is 6.07 Å². The number of nitrogens with one attached hydrogen (secondary N) is 1. The smallest absolute Gasteiger partial charge is 0.250 e. The fourth-order valence-electron chi connectivity index (χ4n) is 3.74. The van der Waals surface area contributed by atoms with E-state index in [-0.39, 0.29) is 24.7 Å². The minimum Gasteiger partial charge on any atom is -0.454 e. The zero-order chi connectivity index (χ0) is 19.3. The second kappa shape index (κ2) is 6.62. The first-order chi connectivity index (χ1) is 13.5. The summed E-state index contributed by atoms with van der Waals surface area (Å²) in [7, 11) is -3.56. The Hall–Kier alpha value is -2.35. The summed E-state index contributed by atoms with van der Waals surface area (Å²) < 4.78 is 39.7. The van der Waals surface area contributed by atoms with Crippen molar-refractivity contribution in [1.29, 1.82) is 0 Å². The average Bonchev–Trinajstić information content (AvgIpc) is 3.13. The summed E-state index contributed by atoms with van der Waals surface area (Å²) in [5.41, 5.74) is 2.09. The summed E-state index contributed by atoms with van der Waals surface area (Å²) in [5, 5.41) is 0. The topological polar surface area (TPSA) is 64.6 Å². The largest absolute Gasteiger partial charge is 0.454 e. The van der Waals surface area contributed by atoms with E-state index >= 15 is 0 Å². The summed E-state index contributed by atoms with van der Waals surface area (Å²) in [6, 6.07) is 19.1. The molecule has 7 heteroatoms. The van der Waals surface area contributed by atoms with Crippen molar-refractivity contribution in [1.82, 2.24) is 4.72 Å². The van der Waals surface area contributed by atoms with Gasteiger partial charge in [0.05, 0.1) is 0 Å². The molecule has 2 aliphatic rings. The Morgan fingerprint density at radius 1 is 1.00 bits per heavy atom. The van der Waals surface area contributed by atoms with E-state index in [1.165, 1.54) is 16.9 Å². The standard InChI is InChI=1S/C21H19NO4S2/c1-13-20(14-5-3-2-4-6-14)21(13)22-28(23,24)19-10-9-18(27-19)15-7-8-16-17(11-15)26-12-25-16/h2-11,13,20-22H,12H2,1H3/t13-,20-,21+/m1/s1. The number of sulfonamides is 1. The molecule has 1 aliphatic heterocycles. The molecule has 0 spiro atoms. The number of rotatable bonds is 5. The summed E-state index contributed by atoms with van der Waals surface area (Å²) in [6.07, 6.45) is 0. The van der Waals surface area contributed by atoms with Crippen LogP contribution in [-0.4, -0.2) is 21.3 Å². The lowest BCUT2D eigenvalue weighted by Crippen LogP contribution is -2.27. The van der Waals surface area contributed by atoms with Gasteiger partial charge in [-0.15, -0.1) is 11.3 Å². The Bertz CT molecular complexity index is 1120. The maximum Gasteiger partial charge on any atom is 0.250 e. The Labute approximate surface area is 168 Å². The molecule has 2 aromatic carbocycles. The van der Waals surface area contributed by atoms with Crippen molar-refractivity contribution in [3.63, 3.8) is 0 Å². The third-order valence-corrected chi connectivity index (χ3v) is 8.44. The highest BCUT2D eigenvalue weighted by atomic mass is 32.2. The van der Waals surface area contributed by atoms with Crippen LogP contribution in [0.1, 0.15) is 18.4 Å². The van der Waals surface area contributed by atoms with Crippen molar-refractivity contribution >= 4 is 21.4 Å². The van der Waals surface area contributed by atoms with Crippen LogP contribution in [0.25, 0.3) is 10.4 Å². The molecule has 1 aromatic heterocycles. The van der Waals surface area contributed by atoms with Gasteiger partial charge in [0.25, 0.3) is 0 Å². The summed E-state index contributed by atoms with van der Waals surface area (Å²) in [6.45, 7) is 2.30. The lowest BCUT2D eigenvalue weighted by atomic mass is 10.1. The molecule has 1 saturated carbocycles. The van der Waals surface area contributed by atoms with Gasteiger partial charge in [0.15, 0.2) is 11.5 Å². The zero-order valence-corrected chi connectivity index (χ0v) is 16.8. The molecule has 0 unspecified atom stereocenters. The first kappa shape index (κ1) is 17.7. The second-order valence-electron chi connectivity index (χ2n) is 7.13. The Kier molecular flexibility index (Phi) is 4.19. The van der Waals surface area contributed by atoms with E-state index < -0.39 is 10.0 Å². The van der Waals surface area contributed by atoms with Crippen molar-refractivity contribution < 1.29 is 17.9 Å². The van der Waals surface area contributed by atoms with Crippen LogP contribution in [0.4, 0.5) is 0 Å². The number of hydrogen-bond acceptors (Lipinski definition) is 5. The van der Waals surface area contributed by atoms with Crippen molar-refractivity contribution in [2.75, 3.05) is 6.79 Å². The molecule has 1 N–H and O–H groups in total. The Balaban J connectivity index is 1.35. The van der Waals surface area contributed by atoms with Gasteiger partial charge in [-0.2, -0.15) is 0 Å². The molecule has 0 amide bonds. The SMILES string of the molecule is C[C@H]1[C@H](NS(=O)(=O)c2ccc(-c3ccc4c(c3)OCO4)s2)[C@H]1c1ccccc1. The number of fused-ring (bicyclic) bond motifs is 1. The molecule has 3 atom stereocenters. The predicted molar refractivity (Wildman–Crippen MR) is 108 cm³/mol. The minimum absolute atomic E-state index is 0.0662. The molecule has 0 bridgehead atoms. The second-order valence-corrected chi connectivity index (χ2v) is 10.2. The molecule has 1 aliphatic carbocycles. The monoisotopic (exact) mass is 413 g/mol. The molecule has 5 nitrogen and oxygen atoms in total. The fourth-order valence-corrected chi connectivity index (χ4v) is 6.41. The van der Waals surface area contributed by atoms with E-state index in [1.807, 2.05) is 42.5 Å². The van der Waals surface area contributed by atoms with Gasteiger partial charge in [0.2, 0.25) is 16.8 Å². The highest BCUT2D eigenvalue weighted by Gasteiger charge is 2.49. The molecule has 28 heavy (non-hydrogen) atoms. The molecule has 144 valence electrons. The van der Waals surface area contributed by atoms with Gasteiger partial charge in [-0.3, -0.25) is 0 Å². The van der Waals surface area contributed by atoms with E-state index in [4.69, 9.17) is 9.47 Å². The molecule has 0 saturated heterocycles. The van der Waals surface area contributed by atoms with Crippen LogP contribution in [-0.2, 0) is 10.0 Å². The van der Waals surface area contributed by atoms with Gasteiger partial charge in [0, 0.05) is 16.8 Å². The highest BCUT2D eigenvalue weighted by molar-refractivity contribution is 7.91. The van der Waals surface area contributed by atoms with Crippen LogP contribution >= 0.6 is 11.3 Å². The van der Waals surface area contributed by atoms with Crippen LogP contribution in [0.3, 0.4) is 0 Å². The van der Waals surface area contributed by atoms with Crippen LogP contribution in [0, 0.1) is 5.92 Å². The van der Waals surface area contributed by atoms with Gasteiger partial charge >= 0.3 is 0 Å². The summed E-state index contributed by atoms with van der Waals surface area (Å²) >= 11 is 1.26. The molecule has 2 heterocycles. The molecular weight excluding hydrogens is 394 g/mol. The van der Waals surface area contributed by atoms with E-state index in [0.29, 0.717) is 15.7 Å². The minimum atomic E-state index is -3.56. The summed E-state index contributed by atoms with van der Waals surface area (Å²) in [4.78, 5) is 0.877. The van der Waals surface area contributed by atoms with E-state index in [0.717, 1.165) is 10.4 Å². The molecular formula is C21H19NO4S2. The normalized spacial score (nSPS) is 23.0. The zero-order valence-electron chi connectivity index (χ0n) is 15.2. The lowest BCUT2D eigenvalue weighted by molar-refractivity contribution is 0.174. The van der Waals surface area contributed by atoms with Gasteiger partial charge in [-0.1, -0.05) is 37.3 Å². The van der Waals surface area contributed by atoms with Crippen molar-refractivity contribution in [2.24, 2.45) is 5.92 Å². The van der Waals surface area contributed by atoms with Crippen molar-refractivity contribution in [2.45, 2.75) is 23.1 Å². The first-order valence-electron chi connectivity index (χ1n) is 9.10. The molecule has 1 fully saturated rings.